The summed E-state index contributed by atoms with van der Waals surface area (Å²) < 4.78 is 42.0. The Kier molecular flexibility index (Phi) is 3.88. The molecule has 0 fully saturated rings. The van der Waals surface area contributed by atoms with Crippen molar-refractivity contribution in [1.82, 2.24) is 0 Å². The molecular formula is C5H7F3O3. The maximum Gasteiger partial charge on any atom is 0.411 e. The van der Waals surface area contributed by atoms with Crippen LogP contribution in [0.5, 0.6) is 0 Å². The van der Waals surface area contributed by atoms with Gasteiger partial charge in [-0.3, -0.25) is 0 Å². The van der Waals surface area contributed by atoms with E-state index in [1.807, 2.05) is 0 Å². The first-order valence-electron chi connectivity index (χ1n) is 2.67. The van der Waals surface area contributed by atoms with Crippen LogP contribution in [0.1, 0.15) is 0 Å². The number of methoxy groups -OCH3 is 1. The smallest absolute Gasteiger partial charge is 0.411 e. The van der Waals surface area contributed by atoms with Gasteiger partial charge in [-0.05, 0) is 0 Å². The highest BCUT2D eigenvalue weighted by Gasteiger charge is 2.27. The third-order valence-corrected chi connectivity index (χ3v) is 0.713. The van der Waals surface area contributed by atoms with Gasteiger partial charge in [-0.15, -0.1) is 0 Å². The second kappa shape index (κ2) is 4.17. The fourth-order valence-corrected chi connectivity index (χ4v) is 0.309. The SMILES string of the molecule is COC(=O)COCC(F)(F)F. The van der Waals surface area contributed by atoms with Gasteiger partial charge in [0.05, 0.1) is 7.11 Å². The molecule has 0 aromatic heterocycles. The highest BCUT2D eigenvalue weighted by atomic mass is 19.4. The van der Waals surface area contributed by atoms with Crippen molar-refractivity contribution in [3.05, 3.63) is 0 Å². The maximum atomic E-state index is 11.3. The van der Waals surface area contributed by atoms with Crippen molar-refractivity contribution in [3.63, 3.8) is 0 Å². The Balaban J connectivity index is 3.35. The second-order valence-electron chi connectivity index (χ2n) is 1.68. The molecule has 3 nitrogen and oxygen atoms in total. The number of hydrogen-bond donors (Lipinski definition) is 0. The lowest BCUT2D eigenvalue weighted by atomic mass is 10.7. The van der Waals surface area contributed by atoms with Crippen molar-refractivity contribution in [2.45, 2.75) is 6.18 Å². The van der Waals surface area contributed by atoms with Crippen molar-refractivity contribution < 1.29 is 27.4 Å². The molecule has 0 saturated carbocycles. The fraction of sp³-hybridized carbons (Fsp3) is 0.800. The summed E-state index contributed by atoms with van der Waals surface area (Å²) in [5.41, 5.74) is 0. The van der Waals surface area contributed by atoms with Crippen molar-refractivity contribution in [3.8, 4) is 0 Å². The lowest BCUT2D eigenvalue weighted by molar-refractivity contribution is -0.180. The van der Waals surface area contributed by atoms with Gasteiger partial charge >= 0.3 is 12.1 Å². The minimum Gasteiger partial charge on any atom is -0.467 e. The summed E-state index contributed by atoms with van der Waals surface area (Å²) in [5.74, 6) is -0.825. The summed E-state index contributed by atoms with van der Waals surface area (Å²) in [4.78, 5) is 10.2. The van der Waals surface area contributed by atoms with E-state index >= 15 is 0 Å². The van der Waals surface area contributed by atoms with E-state index in [9.17, 15) is 18.0 Å². The first-order chi connectivity index (χ1) is 4.95. The van der Waals surface area contributed by atoms with E-state index in [0.29, 0.717) is 0 Å². The van der Waals surface area contributed by atoms with Crippen LogP contribution in [0.3, 0.4) is 0 Å². The highest BCUT2D eigenvalue weighted by molar-refractivity contribution is 5.70. The molecule has 6 heteroatoms. The fourth-order valence-electron chi connectivity index (χ4n) is 0.309. The number of rotatable bonds is 3. The maximum absolute atomic E-state index is 11.3. The van der Waals surface area contributed by atoms with Crippen LogP contribution >= 0.6 is 0 Å². The molecule has 0 unspecified atom stereocenters. The molecule has 0 aliphatic rings. The van der Waals surface area contributed by atoms with Gasteiger partial charge in [-0.2, -0.15) is 13.2 Å². The van der Waals surface area contributed by atoms with Gasteiger partial charge in [0.25, 0.3) is 0 Å². The van der Waals surface area contributed by atoms with E-state index in [-0.39, 0.29) is 0 Å². The van der Waals surface area contributed by atoms with Crippen LogP contribution in [-0.2, 0) is 14.3 Å². The van der Waals surface area contributed by atoms with Gasteiger partial charge in [-0.25, -0.2) is 4.79 Å². The van der Waals surface area contributed by atoms with Gasteiger partial charge in [0.15, 0.2) is 0 Å². The van der Waals surface area contributed by atoms with Gasteiger partial charge in [0, 0.05) is 0 Å². The molecule has 66 valence electrons. The third kappa shape index (κ3) is 7.11. The molecule has 0 aliphatic carbocycles. The molecule has 0 aliphatic heterocycles. The lowest BCUT2D eigenvalue weighted by Gasteiger charge is -2.05. The Labute approximate surface area is 61.1 Å². The van der Waals surface area contributed by atoms with Gasteiger partial charge in [0.1, 0.15) is 13.2 Å². The van der Waals surface area contributed by atoms with Gasteiger partial charge in [-0.1, -0.05) is 0 Å². The molecule has 11 heavy (non-hydrogen) atoms. The van der Waals surface area contributed by atoms with Crippen LogP contribution in [0, 0.1) is 0 Å². The Morgan fingerprint density at radius 1 is 1.45 bits per heavy atom. The zero-order valence-electron chi connectivity index (χ0n) is 5.77. The Morgan fingerprint density at radius 2 is 2.00 bits per heavy atom. The highest BCUT2D eigenvalue weighted by Crippen LogP contribution is 2.13. The molecule has 0 spiro atoms. The van der Waals surface area contributed by atoms with Crippen molar-refractivity contribution in [2.24, 2.45) is 0 Å². The number of hydrogen-bond acceptors (Lipinski definition) is 3. The molecule has 0 atom stereocenters. The van der Waals surface area contributed by atoms with Crippen molar-refractivity contribution in [2.75, 3.05) is 20.3 Å². The average molecular weight is 172 g/mol. The summed E-state index contributed by atoms with van der Waals surface area (Å²) in [6, 6.07) is 0. The number of carbonyl (C=O) groups is 1. The van der Waals surface area contributed by atoms with Crippen LogP contribution in [0.25, 0.3) is 0 Å². The Hall–Kier alpha value is -0.780. The van der Waals surface area contributed by atoms with E-state index in [1.54, 1.807) is 0 Å². The van der Waals surface area contributed by atoms with Crippen LogP contribution in [0.4, 0.5) is 13.2 Å². The Morgan fingerprint density at radius 3 is 2.36 bits per heavy atom. The average Bonchev–Trinajstić information content (AvgIpc) is 1.85. The monoisotopic (exact) mass is 172 g/mol. The molecule has 0 aromatic carbocycles. The summed E-state index contributed by atoms with van der Waals surface area (Å²) in [7, 11) is 1.07. The standard InChI is InChI=1S/C5H7F3O3/c1-10-4(9)2-11-3-5(6,7)8/h2-3H2,1H3. The quantitative estimate of drug-likeness (QED) is 0.589. The van der Waals surface area contributed by atoms with Gasteiger partial charge in [0.2, 0.25) is 0 Å². The van der Waals surface area contributed by atoms with E-state index in [1.165, 1.54) is 0 Å². The molecule has 0 radical (unpaired) electrons. The van der Waals surface area contributed by atoms with Crippen LogP contribution in [0.2, 0.25) is 0 Å². The summed E-state index contributed by atoms with van der Waals surface area (Å²) in [6.45, 7) is -2.10. The zero-order chi connectivity index (χ0) is 8.91. The largest absolute Gasteiger partial charge is 0.467 e. The molecule has 0 N–H and O–H groups in total. The van der Waals surface area contributed by atoms with Crippen LogP contribution in [-0.4, -0.2) is 32.5 Å². The van der Waals surface area contributed by atoms with E-state index in [2.05, 4.69) is 9.47 Å². The lowest BCUT2D eigenvalue weighted by Crippen LogP contribution is -2.20. The van der Waals surface area contributed by atoms with Crippen molar-refractivity contribution >= 4 is 5.97 Å². The zero-order valence-corrected chi connectivity index (χ0v) is 5.77. The topological polar surface area (TPSA) is 35.5 Å². The molecule has 0 saturated heterocycles. The predicted octanol–water partition coefficient (Wildman–Crippen LogP) is 0.738. The van der Waals surface area contributed by atoms with E-state index < -0.39 is 25.4 Å². The summed E-state index contributed by atoms with van der Waals surface area (Å²) in [6.07, 6.45) is -4.39. The summed E-state index contributed by atoms with van der Waals surface area (Å²) >= 11 is 0. The third-order valence-electron chi connectivity index (χ3n) is 0.713. The number of halogens is 3. The molecule has 0 rings (SSSR count). The van der Waals surface area contributed by atoms with Gasteiger partial charge < -0.3 is 9.47 Å². The molecule has 0 bridgehead atoms. The second-order valence-corrected chi connectivity index (χ2v) is 1.68. The minimum absolute atomic E-state index is 0.671. The van der Waals surface area contributed by atoms with Crippen LogP contribution < -0.4 is 0 Å². The predicted molar refractivity (Wildman–Crippen MR) is 28.9 cm³/mol. The molecule has 0 aromatic rings. The number of alkyl halides is 3. The van der Waals surface area contributed by atoms with E-state index in [0.717, 1.165) is 7.11 Å². The van der Waals surface area contributed by atoms with Crippen LogP contribution in [0.15, 0.2) is 0 Å². The number of esters is 1. The first kappa shape index (κ1) is 10.2. The normalized spacial score (nSPS) is 11.3. The molecule has 0 amide bonds. The van der Waals surface area contributed by atoms with Crippen molar-refractivity contribution in [1.29, 1.82) is 0 Å². The number of carbonyl (C=O) groups excluding carboxylic acids is 1. The minimum atomic E-state index is -4.39. The first-order valence-corrected chi connectivity index (χ1v) is 2.67. The molecule has 0 heterocycles. The van der Waals surface area contributed by atoms with E-state index in [4.69, 9.17) is 0 Å². The number of ether oxygens (including phenoxy) is 2. The Bertz CT molecular complexity index is 131. The summed E-state index contributed by atoms with van der Waals surface area (Å²) in [5, 5.41) is 0. The molecular weight excluding hydrogens is 165 g/mol.